The van der Waals surface area contributed by atoms with Crippen LogP contribution in [0.25, 0.3) is 0 Å². The maximum Gasteiger partial charge on any atom is 0.471 e. The summed E-state index contributed by atoms with van der Waals surface area (Å²) in [6.07, 6.45) is -2.43. The van der Waals surface area contributed by atoms with Crippen LogP contribution in [0.4, 0.5) is 13.2 Å². The number of aliphatic hydroxyl groups excluding tert-OH is 1. The molecule has 0 aliphatic heterocycles. The van der Waals surface area contributed by atoms with E-state index in [9.17, 15) is 23.1 Å². The molecule has 1 aromatic heterocycles. The van der Waals surface area contributed by atoms with Crippen molar-refractivity contribution in [1.29, 1.82) is 0 Å². The summed E-state index contributed by atoms with van der Waals surface area (Å²) in [6, 6.07) is 0. The van der Waals surface area contributed by atoms with E-state index in [0.29, 0.717) is 19.3 Å². The first-order valence-electron chi connectivity index (χ1n) is 6.72. The van der Waals surface area contributed by atoms with Gasteiger partial charge in [0.25, 0.3) is 0 Å². The van der Waals surface area contributed by atoms with E-state index in [1.54, 1.807) is 0 Å². The number of rotatable bonds is 4. The topological polar surface area (TPSA) is 88.3 Å². The molecule has 0 unspecified atom stereocenters. The summed E-state index contributed by atoms with van der Waals surface area (Å²) in [4.78, 5) is 15.0. The van der Waals surface area contributed by atoms with E-state index in [2.05, 4.69) is 20.0 Å². The molecule has 1 saturated carbocycles. The Kier molecular flexibility index (Phi) is 4.81. The summed E-state index contributed by atoms with van der Waals surface area (Å²) in [5, 5.41) is 15.3. The zero-order chi connectivity index (χ0) is 15.5. The number of alkyl halides is 3. The second kappa shape index (κ2) is 6.42. The smallest absolute Gasteiger partial charge is 0.393 e. The zero-order valence-corrected chi connectivity index (χ0v) is 11.2. The van der Waals surface area contributed by atoms with E-state index in [0.717, 1.165) is 6.42 Å². The molecule has 0 radical (unpaired) electrons. The van der Waals surface area contributed by atoms with Crippen LogP contribution in [0.2, 0.25) is 0 Å². The summed E-state index contributed by atoms with van der Waals surface area (Å²) in [6.45, 7) is 0.127. The van der Waals surface area contributed by atoms with Crippen LogP contribution in [0, 0.1) is 5.92 Å². The van der Waals surface area contributed by atoms with E-state index in [1.165, 1.54) is 0 Å². The van der Waals surface area contributed by atoms with Crippen molar-refractivity contribution in [3.8, 4) is 0 Å². The van der Waals surface area contributed by atoms with Crippen molar-refractivity contribution in [3.05, 3.63) is 11.7 Å². The van der Waals surface area contributed by atoms with Crippen molar-refractivity contribution in [2.45, 2.75) is 44.4 Å². The Morgan fingerprint density at radius 2 is 2.19 bits per heavy atom. The third-order valence-electron chi connectivity index (χ3n) is 3.38. The first-order valence-corrected chi connectivity index (χ1v) is 6.72. The molecular formula is C12H16F3N3O3. The van der Waals surface area contributed by atoms with Gasteiger partial charge in [0.15, 0.2) is 5.82 Å². The Morgan fingerprint density at radius 1 is 1.43 bits per heavy atom. The van der Waals surface area contributed by atoms with Crippen LogP contribution in [0.15, 0.2) is 4.52 Å². The van der Waals surface area contributed by atoms with Gasteiger partial charge in [-0.25, -0.2) is 0 Å². The number of nitrogens with one attached hydrogen (secondary N) is 1. The minimum atomic E-state index is -4.66. The Bertz CT molecular complexity index is 490. The van der Waals surface area contributed by atoms with Crippen molar-refractivity contribution < 1.29 is 27.6 Å². The van der Waals surface area contributed by atoms with Gasteiger partial charge in [-0.15, -0.1) is 0 Å². The fourth-order valence-corrected chi connectivity index (χ4v) is 2.31. The summed E-state index contributed by atoms with van der Waals surface area (Å²) in [7, 11) is 0. The van der Waals surface area contributed by atoms with Crippen molar-refractivity contribution >= 4 is 5.91 Å². The number of hydrogen-bond donors (Lipinski definition) is 2. The number of carbonyl (C=O) groups is 1. The SMILES string of the molecule is O=C(NCCc1noc(C(F)(F)F)n1)[C@H]1CCC[C@H](O)C1. The molecule has 0 saturated heterocycles. The number of halogens is 3. The lowest BCUT2D eigenvalue weighted by atomic mass is 9.87. The van der Waals surface area contributed by atoms with E-state index >= 15 is 0 Å². The van der Waals surface area contributed by atoms with Crippen LogP contribution in [-0.4, -0.2) is 33.8 Å². The van der Waals surface area contributed by atoms with Gasteiger partial charge < -0.3 is 14.9 Å². The second-order valence-corrected chi connectivity index (χ2v) is 5.07. The maximum atomic E-state index is 12.2. The molecule has 0 aromatic carbocycles. The normalized spacial score (nSPS) is 23.0. The predicted octanol–water partition coefficient (Wildman–Crippen LogP) is 1.30. The molecule has 1 aromatic rings. The monoisotopic (exact) mass is 307 g/mol. The first-order chi connectivity index (χ1) is 9.86. The Labute approximate surface area is 118 Å². The Hall–Kier alpha value is -1.64. The van der Waals surface area contributed by atoms with Crippen LogP contribution >= 0.6 is 0 Å². The van der Waals surface area contributed by atoms with Crippen molar-refractivity contribution in [2.24, 2.45) is 5.92 Å². The van der Waals surface area contributed by atoms with Crippen LogP contribution in [0.1, 0.15) is 37.4 Å². The molecule has 1 aliphatic carbocycles. The molecule has 0 spiro atoms. The highest BCUT2D eigenvalue weighted by molar-refractivity contribution is 5.78. The van der Waals surface area contributed by atoms with E-state index < -0.39 is 18.2 Å². The average molecular weight is 307 g/mol. The molecule has 1 fully saturated rings. The second-order valence-electron chi connectivity index (χ2n) is 5.07. The predicted molar refractivity (Wildman–Crippen MR) is 64.0 cm³/mol. The minimum absolute atomic E-state index is 0.0561. The highest BCUT2D eigenvalue weighted by atomic mass is 19.4. The van der Waals surface area contributed by atoms with Gasteiger partial charge >= 0.3 is 12.1 Å². The fraction of sp³-hybridized carbons (Fsp3) is 0.750. The highest BCUT2D eigenvalue weighted by Crippen LogP contribution is 2.27. The maximum absolute atomic E-state index is 12.2. The Balaban J connectivity index is 1.76. The van der Waals surface area contributed by atoms with Gasteiger partial charge in [-0.3, -0.25) is 4.79 Å². The third-order valence-corrected chi connectivity index (χ3v) is 3.38. The molecule has 118 valence electrons. The molecular weight excluding hydrogens is 291 g/mol. The van der Waals surface area contributed by atoms with Crippen molar-refractivity contribution in [3.63, 3.8) is 0 Å². The lowest BCUT2D eigenvalue weighted by molar-refractivity contribution is -0.159. The van der Waals surface area contributed by atoms with Crippen LogP contribution in [0.5, 0.6) is 0 Å². The van der Waals surface area contributed by atoms with Crippen LogP contribution < -0.4 is 5.32 Å². The van der Waals surface area contributed by atoms with Crippen molar-refractivity contribution in [2.75, 3.05) is 6.54 Å². The first kappa shape index (κ1) is 15.7. The van der Waals surface area contributed by atoms with Crippen LogP contribution in [0.3, 0.4) is 0 Å². The molecule has 6 nitrogen and oxygen atoms in total. The molecule has 1 heterocycles. The molecule has 2 atom stereocenters. The van der Waals surface area contributed by atoms with Gasteiger partial charge in [0.1, 0.15) is 0 Å². The fourth-order valence-electron chi connectivity index (χ4n) is 2.31. The van der Waals surface area contributed by atoms with Crippen molar-refractivity contribution in [1.82, 2.24) is 15.5 Å². The van der Waals surface area contributed by atoms with Gasteiger partial charge in [0, 0.05) is 18.9 Å². The molecule has 9 heteroatoms. The lowest BCUT2D eigenvalue weighted by Gasteiger charge is -2.24. The quantitative estimate of drug-likeness (QED) is 0.875. The molecule has 2 N–H and O–H groups in total. The number of carbonyl (C=O) groups excluding carboxylic acids is 1. The molecule has 2 rings (SSSR count). The largest absolute Gasteiger partial charge is 0.471 e. The van der Waals surface area contributed by atoms with E-state index in [1.807, 2.05) is 0 Å². The number of hydrogen-bond acceptors (Lipinski definition) is 5. The van der Waals surface area contributed by atoms with Gasteiger partial charge in [0.05, 0.1) is 6.10 Å². The average Bonchev–Trinajstić information content (AvgIpc) is 2.87. The number of amides is 1. The summed E-state index contributed by atoms with van der Waals surface area (Å²) < 4.78 is 40.8. The molecule has 21 heavy (non-hydrogen) atoms. The minimum Gasteiger partial charge on any atom is -0.393 e. The number of aromatic nitrogens is 2. The standard InChI is InChI=1S/C12H16F3N3O3/c13-12(14,15)11-17-9(18-21-11)4-5-16-10(20)7-2-1-3-8(19)6-7/h7-8,19H,1-6H2,(H,16,20)/t7-,8-/m0/s1. The van der Waals surface area contributed by atoms with Crippen LogP contribution in [-0.2, 0) is 17.4 Å². The van der Waals surface area contributed by atoms with Gasteiger partial charge in [-0.2, -0.15) is 18.2 Å². The Morgan fingerprint density at radius 3 is 2.81 bits per heavy atom. The molecule has 1 aliphatic rings. The third kappa shape index (κ3) is 4.42. The summed E-state index contributed by atoms with van der Waals surface area (Å²) in [5.74, 6) is -1.94. The summed E-state index contributed by atoms with van der Waals surface area (Å²) in [5.41, 5.74) is 0. The van der Waals surface area contributed by atoms with Gasteiger partial charge in [0.2, 0.25) is 5.91 Å². The lowest BCUT2D eigenvalue weighted by Crippen LogP contribution is -2.36. The highest BCUT2D eigenvalue weighted by Gasteiger charge is 2.38. The van der Waals surface area contributed by atoms with E-state index in [-0.39, 0.29) is 30.6 Å². The molecule has 0 bridgehead atoms. The number of nitrogens with zero attached hydrogens (tertiary/aromatic N) is 2. The zero-order valence-electron chi connectivity index (χ0n) is 11.2. The van der Waals surface area contributed by atoms with Gasteiger partial charge in [-0.1, -0.05) is 11.6 Å². The van der Waals surface area contributed by atoms with Gasteiger partial charge in [-0.05, 0) is 19.3 Å². The number of aliphatic hydroxyl groups is 1. The van der Waals surface area contributed by atoms with E-state index in [4.69, 9.17) is 0 Å². The molecule has 1 amide bonds. The summed E-state index contributed by atoms with van der Waals surface area (Å²) >= 11 is 0.